The van der Waals surface area contributed by atoms with Gasteiger partial charge in [0.1, 0.15) is 0 Å². The molecule has 7 nitrogen and oxygen atoms in total. The average molecular weight is 330 g/mol. The fourth-order valence-electron chi connectivity index (χ4n) is 2.89. The standard InChI is InChI=1S/C17H26N6O/c1-8-23-13(5)15(12(4)21-23)11(3)19-16(24)14-9-18-17(22(6)7)20-10(14)2/h9,11H,8H2,1-7H3,(H,19,24)/t11-/m1/s1. The second kappa shape index (κ2) is 6.98. The quantitative estimate of drug-likeness (QED) is 0.909. The largest absolute Gasteiger partial charge is 0.347 e. The van der Waals surface area contributed by atoms with Gasteiger partial charge < -0.3 is 10.2 Å². The molecular weight excluding hydrogens is 304 g/mol. The molecule has 1 amide bonds. The van der Waals surface area contributed by atoms with Gasteiger partial charge >= 0.3 is 0 Å². The Hall–Kier alpha value is -2.44. The van der Waals surface area contributed by atoms with E-state index in [0.717, 1.165) is 23.5 Å². The maximum atomic E-state index is 12.6. The van der Waals surface area contributed by atoms with Crippen molar-refractivity contribution in [1.29, 1.82) is 0 Å². The van der Waals surface area contributed by atoms with E-state index in [1.165, 1.54) is 0 Å². The number of amides is 1. The van der Waals surface area contributed by atoms with Crippen molar-refractivity contribution >= 4 is 11.9 Å². The third-order valence-electron chi connectivity index (χ3n) is 4.13. The summed E-state index contributed by atoms with van der Waals surface area (Å²) < 4.78 is 1.95. The Labute approximate surface area is 143 Å². The highest BCUT2D eigenvalue weighted by molar-refractivity contribution is 5.95. The summed E-state index contributed by atoms with van der Waals surface area (Å²) in [4.78, 5) is 23.0. The number of aryl methyl sites for hydroxylation is 3. The number of nitrogens with zero attached hydrogens (tertiary/aromatic N) is 5. The molecule has 0 aliphatic heterocycles. The molecule has 0 unspecified atom stereocenters. The monoisotopic (exact) mass is 330 g/mol. The molecular formula is C17H26N6O. The van der Waals surface area contributed by atoms with Crippen LogP contribution < -0.4 is 10.2 Å². The number of carbonyl (C=O) groups is 1. The minimum absolute atomic E-state index is 0.134. The van der Waals surface area contributed by atoms with Gasteiger partial charge in [-0.3, -0.25) is 9.48 Å². The number of nitrogens with one attached hydrogen (secondary N) is 1. The zero-order chi connectivity index (χ0) is 18.0. The Morgan fingerprint density at radius 2 is 1.96 bits per heavy atom. The number of hydrogen-bond donors (Lipinski definition) is 1. The summed E-state index contributed by atoms with van der Waals surface area (Å²) in [5.74, 6) is 0.418. The Morgan fingerprint density at radius 3 is 2.46 bits per heavy atom. The molecule has 0 aliphatic rings. The number of hydrogen-bond acceptors (Lipinski definition) is 5. The highest BCUT2D eigenvalue weighted by atomic mass is 16.1. The molecule has 0 fully saturated rings. The van der Waals surface area contributed by atoms with E-state index in [9.17, 15) is 4.79 Å². The third kappa shape index (κ3) is 3.39. The first-order chi connectivity index (χ1) is 11.3. The molecule has 0 radical (unpaired) electrons. The molecule has 130 valence electrons. The highest BCUT2D eigenvalue weighted by Gasteiger charge is 2.21. The fraction of sp³-hybridized carbons (Fsp3) is 0.529. The highest BCUT2D eigenvalue weighted by Crippen LogP contribution is 2.22. The SMILES string of the molecule is CCn1nc(C)c([C@@H](C)NC(=O)c2cnc(N(C)C)nc2C)c1C. The zero-order valence-electron chi connectivity index (χ0n) is 15.5. The number of anilines is 1. The molecule has 0 aliphatic carbocycles. The summed E-state index contributed by atoms with van der Waals surface area (Å²) in [7, 11) is 3.74. The molecule has 0 aromatic carbocycles. The van der Waals surface area contributed by atoms with E-state index in [1.54, 1.807) is 6.20 Å². The van der Waals surface area contributed by atoms with Gasteiger partial charge in [-0.1, -0.05) is 0 Å². The minimum Gasteiger partial charge on any atom is -0.347 e. The van der Waals surface area contributed by atoms with Crippen molar-refractivity contribution in [3.63, 3.8) is 0 Å². The van der Waals surface area contributed by atoms with Crippen LogP contribution in [0.4, 0.5) is 5.95 Å². The molecule has 0 bridgehead atoms. The summed E-state index contributed by atoms with van der Waals surface area (Å²) >= 11 is 0. The van der Waals surface area contributed by atoms with Crippen LogP contribution in [0.3, 0.4) is 0 Å². The third-order valence-corrected chi connectivity index (χ3v) is 4.13. The summed E-state index contributed by atoms with van der Waals surface area (Å²) in [6, 6.07) is -0.134. The number of rotatable bonds is 5. The van der Waals surface area contributed by atoms with Crippen LogP contribution in [0.5, 0.6) is 0 Å². The predicted octanol–water partition coefficient (Wildman–Crippen LogP) is 2.18. The van der Waals surface area contributed by atoms with E-state index in [1.807, 2.05) is 51.4 Å². The summed E-state index contributed by atoms with van der Waals surface area (Å²) in [6.45, 7) is 10.7. The van der Waals surface area contributed by atoms with Crippen molar-refractivity contribution in [1.82, 2.24) is 25.1 Å². The van der Waals surface area contributed by atoms with Gasteiger partial charge in [0, 0.05) is 38.1 Å². The van der Waals surface area contributed by atoms with Crippen molar-refractivity contribution in [2.45, 2.75) is 47.2 Å². The van der Waals surface area contributed by atoms with Gasteiger partial charge in [-0.15, -0.1) is 0 Å². The lowest BCUT2D eigenvalue weighted by molar-refractivity contribution is 0.0938. The maximum Gasteiger partial charge on any atom is 0.255 e. The zero-order valence-corrected chi connectivity index (χ0v) is 15.5. The molecule has 2 aromatic heterocycles. The lowest BCUT2D eigenvalue weighted by Gasteiger charge is -2.16. The normalized spacial score (nSPS) is 12.1. The number of carbonyl (C=O) groups excluding carboxylic acids is 1. The first-order valence-corrected chi connectivity index (χ1v) is 8.12. The molecule has 1 atom stereocenters. The molecule has 0 spiro atoms. The average Bonchev–Trinajstić information content (AvgIpc) is 2.80. The molecule has 0 saturated heterocycles. The predicted molar refractivity (Wildman–Crippen MR) is 94.4 cm³/mol. The van der Waals surface area contributed by atoms with Gasteiger partial charge in [0.2, 0.25) is 5.95 Å². The van der Waals surface area contributed by atoms with Gasteiger partial charge in [-0.25, -0.2) is 9.97 Å². The van der Waals surface area contributed by atoms with E-state index < -0.39 is 0 Å². The van der Waals surface area contributed by atoms with E-state index >= 15 is 0 Å². The van der Waals surface area contributed by atoms with Crippen molar-refractivity contribution in [3.8, 4) is 0 Å². The maximum absolute atomic E-state index is 12.6. The van der Waals surface area contributed by atoms with Crippen LogP contribution in [0.2, 0.25) is 0 Å². The van der Waals surface area contributed by atoms with Gasteiger partial charge in [0.05, 0.1) is 23.0 Å². The minimum atomic E-state index is -0.173. The Kier molecular flexibility index (Phi) is 5.21. The molecule has 1 N–H and O–H groups in total. The van der Waals surface area contributed by atoms with Crippen molar-refractivity contribution < 1.29 is 4.79 Å². The summed E-state index contributed by atoms with van der Waals surface area (Å²) in [5.41, 5.74) is 4.24. The second-order valence-corrected chi connectivity index (χ2v) is 6.16. The van der Waals surface area contributed by atoms with Crippen LogP contribution in [-0.4, -0.2) is 39.8 Å². The first-order valence-electron chi connectivity index (χ1n) is 8.12. The van der Waals surface area contributed by atoms with Gasteiger partial charge in [-0.05, 0) is 34.6 Å². The van der Waals surface area contributed by atoms with E-state index in [2.05, 4.69) is 27.3 Å². The van der Waals surface area contributed by atoms with Crippen molar-refractivity contribution in [2.24, 2.45) is 0 Å². The van der Waals surface area contributed by atoms with Crippen LogP contribution in [-0.2, 0) is 6.54 Å². The molecule has 2 heterocycles. The van der Waals surface area contributed by atoms with Crippen molar-refractivity contribution in [3.05, 3.63) is 34.4 Å². The van der Waals surface area contributed by atoms with Gasteiger partial charge in [0.15, 0.2) is 0 Å². The van der Waals surface area contributed by atoms with E-state index in [4.69, 9.17) is 0 Å². The molecule has 7 heteroatoms. The smallest absolute Gasteiger partial charge is 0.255 e. The van der Waals surface area contributed by atoms with Gasteiger partial charge in [-0.2, -0.15) is 5.10 Å². The van der Waals surface area contributed by atoms with E-state index in [0.29, 0.717) is 17.2 Å². The van der Waals surface area contributed by atoms with Crippen LogP contribution in [0.15, 0.2) is 6.20 Å². The summed E-state index contributed by atoms with van der Waals surface area (Å²) in [6.07, 6.45) is 1.58. The first kappa shape index (κ1) is 17.9. The molecule has 24 heavy (non-hydrogen) atoms. The Balaban J connectivity index is 2.22. The topological polar surface area (TPSA) is 75.9 Å². The fourth-order valence-corrected chi connectivity index (χ4v) is 2.89. The van der Waals surface area contributed by atoms with E-state index in [-0.39, 0.29) is 11.9 Å². The van der Waals surface area contributed by atoms with Crippen LogP contribution in [0.1, 0.15) is 52.9 Å². The van der Waals surface area contributed by atoms with Crippen LogP contribution >= 0.6 is 0 Å². The molecule has 2 rings (SSSR count). The second-order valence-electron chi connectivity index (χ2n) is 6.16. The number of aromatic nitrogens is 4. The van der Waals surface area contributed by atoms with Gasteiger partial charge in [0.25, 0.3) is 5.91 Å². The van der Waals surface area contributed by atoms with Crippen LogP contribution in [0, 0.1) is 20.8 Å². The van der Waals surface area contributed by atoms with Crippen molar-refractivity contribution in [2.75, 3.05) is 19.0 Å². The van der Waals surface area contributed by atoms with Crippen LogP contribution in [0.25, 0.3) is 0 Å². The molecule has 2 aromatic rings. The summed E-state index contributed by atoms with van der Waals surface area (Å²) in [5, 5.41) is 7.55. The lowest BCUT2D eigenvalue weighted by atomic mass is 10.1. The molecule has 0 saturated carbocycles. The Bertz CT molecular complexity index is 750. The Morgan fingerprint density at radius 1 is 1.29 bits per heavy atom. The lowest BCUT2D eigenvalue weighted by Crippen LogP contribution is -2.28.